The Morgan fingerprint density at radius 3 is 2.67 bits per heavy atom. The molecule has 0 fully saturated rings. The average molecular weight is 214 g/mol. The average Bonchev–Trinajstić information content (AvgIpc) is 2.14. The number of aliphatic imine (C=N–C) groups is 1. The second-order valence-corrected chi connectivity index (χ2v) is 4.02. The minimum absolute atomic E-state index is 0.135. The van der Waals surface area contributed by atoms with Gasteiger partial charge >= 0.3 is 5.92 Å². The first-order valence-electron chi connectivity index (χ1n) is 5.01. The normalized spacial score (nSPS) is 22.7. The third-order valence-corrected chi connectivity index (χ3v) is 2.55. The quantitative estimate of drug-likeness (QED) is 0.629. The lowest BCUT2D eigenvalue weighted by Gasteiger charge is -2.34. The lowest BCUT2D eigenvalue weighted by Crippen LogP contribution is -2.42. The van der Waals surface area contributed by atoms with Gasteiger partial charge in [0.2, 0.25) is 0 Å². The lowest BCUT2D eigenvalue weighted by atomic mass is 9.85. The van der Waals surface area contributed by atoms with E-state index in [2.05, 4.69) is 4.99 Å². The van der Waals surface area contributed by atoms with E-state index >= 15 is 0 Å². The van der Waals surface area contributed by atoms with E-state index in [1.165, 1.54) is 26.0 Å². The molecule has 2 rings (SSSR count). The number of rotatable bonds is 0. The minimum atomic E-state index is -3.40. The standard InChI is InChI=1S/C11H10F3N/c1-10(2)11(13,14)9-7(6-15-10)4-3-5-8(9)12/h3-6H,1-2H3/i6D. The zero-order valence-electron chi connectivity index (χ0n) is 9.31. The van der Waals surface area contributed by atoms with Crippen molar-refractivity contribution in [2.45, 2.75) is 25.3 Å². The van der Waals surface area contributed by atoms with Gasteiger partial charge in [0, 0.05) is 11.8 Å². The van der Waals surface area contributed by atoms with E-state index in [1.807, 2.05) is 0 Å². The number of benzene rings is 1. The molecule has 0 saturated heterocycles. The van der Waals surface area contributed by atoms with E-state index < -0.39 is 22.8 Å². The highest BCUT2D eigenvalue weighted by Crippen LogP contribution is 2.45. The van der Waals surface area contributed by atoms with Gasteiger partial charge in [0.1, 0.15) is 11.4 Å². The van der Waals surface area contributed by atoms with Crippen molar-refractivity contribution in [3.63, 3.8) is 0 Å². The fraction of sp³-hybridized carbons (Fsp3) is 0.364. The van der Waals surface area contributed by atoms with Gasteiger partial charge < -0.3 is 0 Å². The summed E-state index contributed by atoms with van der Waals surface area (Å²) in [4.78, 5) is 3.62. The molecule has 1 aromatic carbocycles. The van der Waals surface area contributed by atoms with Crippen LogP contribution in [0.1, 0.15) is 26.3 Å². The fourth-order valence-corrected chi connectivity index (χ4v) is 1.51. The van der Waals surface area contributed by atoms with Crippen LogP contribution in [0, 0.1) is 5.82 Å². The first-order chi connectivity index (χ1) is 7.27. The zero-order valence-corrected chi connectivity index (χ0v) is 8.31. The summed E-state index contributed by atoms with van der Waals surface area (Å²) in [7, 11) is 0. The van der Waals surface area contributed by atoms with Crippen LogP contribution in [0.15, 0.2) is 23.2 Å². The third-order valence-electron chi connectivity index (χ3n) is 2.55. The van der Waals surface area contributed by atoms with Crippen molar-refractivity contribution in [3.8, 4) is 0 Å². The molecule has 15 heavy (non-hydrogen) atoms. The van der Waals surface area contributed by atoms with Crippen molar-refractivity contribution >= 4 is 6.19 Å². The summed E-state index contributed by atoms with van der Waals surface area (Å²) < 4.78 is 49.0. The van der Waals surface area contributed by atoms with Crippen molar-refractivity contribution in [1.29, 1.82) is 0 Å². The topological polar surface area (TPSA) is 12.4 Å². The Kier molecular flexibility index (Phi) is 1.69. The van der Waals surface area contributed by atoms with Gasteiger partial charge in [0.25, 0.3) is 0 Å². The van der Waals surface area contributed by atoms with E-state index in [1.54, 1.807) is 0 Å². The fourth-order valence-electron chi connectivity index (χ4n) is 1.51. The first kappa shape index (κ1) is 8.95. The minimum Gasteiger partial charge on any atom is -0.280 e. The summed E-state index contributed by atoms with van der Waals surface area (Å²) in [6.07, 6.45) is -0.301. The van der Waals surface area contributed by atoms with Gasteiger partial charge in [-0.15, -0.1) is 0 Å². The van der Waals surface area contributed by atoms with Gasteiger partial charge in [-0.25, -0.2) is 4.39 Å². The maximum absolute atomic E-state index is 14.0. The van der Waals surface area contributed by atoms with Crippen molar-refractivity contribution in [2.24, 2.45) is 4.99 Å². The van der Waals surface area contributed by atoms with E-state index in [9.17, 15) is 13.2 Å². The SMILES string of the molecule is [2H]C1=NC(C)(C)C(F)(F)c2c(F)cccc21. The number of halogens is 3. The van der Waals surface area contributed by atoms with Gasteiger partial charge in [0.05, 0.1) is 6.93 Å². The van der Waals surface area contributed by atoms with Crippen LogP contribution in [-0.4, -0.2) is 11.7 Å². The summed E-state index contributed by atoms with van der Waals surface area (Å²) in [6.45, 7) is 2.38. The Balaban J connectivity index is 2.81. The Bertz CT molecular complexity index is 480. The van der Waals surface area contributed by atoms with Gasteiger partial charge in [-0.2, -0.15) is 8.78 Å². The Labute approximate surface area is 87.0 Å². The summed E-state index contributed by atoms with van der Waals surface area (Å²) in [5.74, 6) is -4.40. The number of alkyl halides is 2. The van der Waals surface area contributed by atoms with Crippen LogP contribution in [0.2, 0.25) is 0 Å². The zero-order chi connectivity index (χ0) is 12.1. The van der Waals surface area contributed by atoms with Crippen LogP contribution in [-0.2, 0) is 5.92 Å². The Hall–Kier alpha value is -1.32. The molecule has 1 aliphatic rings. The summed E-state index contributed by atoms with van der Waals surface area (Å²) in [6, 6.07) is 3.56. The predicted octanol–water partition coefficient (Wildman–Crippen LogP) is 3.13. The highest BCUT2D eigenvalue weighted by molar-refractivity contribution is 5.84. The lowest BCUT2D eigenvalue weighted by molar-refractivity contribution is -0.0706. The van der Waals surface area contributed by atoms with Crippen LogP contribution in [0.4, 0.5) is 13.2 Å². The Morgan fingerprint density at radius 2 is 2.00 bits per heavy atom. The smallest absolute Gasteiger partial charge is 0.280 e. The van der Waals surface area contributed by atoms with Gasteiger partial charge in [-0.3, -0.25) is 4.99 Å². The summed E-state index contributed by atoms with van der Waals surface area (Å²) in [5.41, 5.74) is -2.65. The van der Waals surface area contributed by atoms with Crippen molar-refractivity contribution in [1.82, 2.24) is 0 Å². The molecule has 0 bridgehead atoms. The van der Waals surface area contributed by atoms with Crippen LogP contribution in [0.3, 0.4) is 0 Å². The highest BCUT2D eigenvalue weighted by atomic mass is 19.3. The van der Waals surface area contributed by atoms with Gasteiger partial charge in [-0.1, -0.05) is 12.1 Å². The molecule has 1 nitrogen and oxygen atoms in total. The molecule has 0 aromatic heterocycles. The second-order valence-electron chi connectivity index (χ2n) is 4.02. The van der Waals surface area contributed by atoms with Crippen molar-refractivity contribution < 1.29 is 14.5 Å². The van der Waals surface area contributed by atoms with Crippen LogP contribution in [0.5, 0.6) is 0 Å². The molecule has 0 spiro atoms. The molecular formula is C11H10F3N. The molecule has 0 amide bonds. The van der Waals surface area contributed by atoms with Gasteiger partial charge in [-0.05, 0) is 19.9 Å². The Morgan fingerprint density at radius 1 is 1.33 bits per heavy atom. The summed E-state index contributed by atoms with van der Waals surface area (Å²) >= 11 is 0. The molecule has 1 aromatic rings. The number of hydrogen-bond donors (Lipinski definition) is 0. The number of nitrogens with zero attached hydrogens (tertiary/aromatic N) is 1. The molecule has 4 heteroatoms. The molecule has 0 N–H and O–H groups in total. The molecule has 0 radical (unpaired) electrons. The van der Waals surface area contributed by atoms with Crippen LogP contribution < -0.4 is 0 Å². The monoisotopic (exact) mass is 214 g/mol. The molecule has 0 saturated carbocycles. The summed E-state index contributed by atoms with van der Waals surface area (Å²) in [5, 5.41) is 0. The van der Waals surface area contributed by atoms with Crippen LogP contribution >= 0.6 is 0 Å². The molecule has 1 heterocycles. The second kappa shape index (κ2) is 2.84. The number of fused-ring (bicyclic) bond motifs is 1. The van der Waals surface area contributed by atoms with E-state index in [0.29, 0.717) is 0 Å². The molecule has 80 valence electrons. The van der Waals surface area contributed by atoms with E-state index in [-0.39, 0.29) is 11.8 Å². The molecular weight excluding hydrogens is 203 g/mol. The molecule has 0 unspecified atom stereocenters. The van der Waals surface area contributed by atoms with Crippen LogP contribution in [0.25, 0.3) is 0 Å². The van der Waals surface area contributed by atoms with E-state index in [4.69, 9.17) is 1.37 Å². The highest BCUT2D eigenvalue weighted by Gasteiger charge is 2.52. The van der Waals surface area contributed by atoms with E-state index in [0.717, 1.165) is 6.07 Å². The first-order valence-corrected chi connectivity index (χ1v) is 4.51. The maximum atomic E-state index is 14.0. The maximum Gasteiger partial charge on any atom is 0.300 e. The predicted molar refractivity (Wildman–Crippen MR) is 52.0 cm³/mol. The largest absolute Gasteiger partial charge is 0.300 e. The van der Waals surface area contributed by atoms with Gasteiger partial charge in [0.15, 0.2) is 0 Å². The van der Waals surface area contributed by atoms with Crippen molar-refractivity contribution in [3.05, 3.63) is 35.1 Å². The molecule has 0 atom stereocenters. The molecule has 1 aliphatic heterocycles. The van der Waals surface area contributed by atoms with Crippen molar-refractivity contribution in [2.75, 3.05) is 0 Å². The number of hydrogen-bond acceptors (Lipinski definition) is 1. The third kappa shape index (κ3) is 1.28. The molecule has 0 aliphatic carbocycles.